The quantitative estimate of drug-likeness (QED) is 0.0150. The number of allylic oxidation sites excluding steroid dienone is 1. The van der Waals surface area contributed by atoms with Gasteiger partial charge in [0.25, 0.3) is 5.91 Å². The number of hydrogen-bond donors (Lipinski definition) is 18. The van der Waals surface area contributed by atoms with Gasteiger partial charge in [-0.25, -0.2) is 4.79 Å². The lowest BCUT2D eigenvalue weighted by molar-refractivity contribution is -0.154. The number of carbonyl (C=O) groups is 12. The second kappa shape index (κ2) is 40.6. The molecule has 1 aliphatic rings. The van der Waals surface area contributed by atoms with E-state index in [2.05, 4.69) is 44.1 Å². The van der Waals surface area contributed by atoms with Crippen molar-refractivity contribution >= 4 is 82.6 Å². The number of carbonyl (C=O) groups excluding carboxylic acids is 11. The molecule has 0 bridgehead atoms. The number of halogens is 1. The summed E-state index contributed by atoms with van der Waals surface area (Å²) < 4.78 is 5.30. The number of nitrogens with two attached hydrogens (primary N) is 4. The van der Waals surface area contributed by atoms with Crippen molar-refractivity contribution in [3.05, 3.63) is 11.8 Å². The summed E-state index contributed by atoms with van der Waals surface area (Å²) in [4.78, 5) is 163. The fourth-order valence-corrected chi connectivity index (χ4v) is 8.43. The summed E-state index contributed by atoms with van der Waals surface area (Å²) in [7, 11) is 0. The van der Waals surface area contributed by atoms with Crippen LogP contribution < -0.4 is 70.8 Å². The van der Waals surface area contributed by atoms with Gasteiger partial charge in [0.05, 0.1) is 37.0 Å². The third-order valence-corrected chi connectivity index (χ3v) is 13.3. The SMILES string of the molecule is C/C=C1\NC(=O)[C@H]([C@H](C)O)NC(=O)[C@H](CCN)NC(=O)[C@H](CCCCN)NC(=O)[C@H](CC(=O)O)NC(=O)[C@@H](CCN)NC(=O)[C@@H](NC(=O)C[C@H](O)CCCCCCCCCCC)COC(=O)[C@H]([C@H](O)CCl)NC(=O)[C@H]([C@H](O)C(N)=O)NC1=O. The molecule has 1 rings (SSSR count). The van der Waals surface area contributed by atoms with E-state index in [0.29, 0.717) is 12.8 Å². The van der Waals surface area contributed by atoms with Gasteiger partial charge >= 0.3 is 11.9 Å². The number of esters is 1. The third kappa shape index (κ3) is 28.0. The van der Waals surface area contributed by atoms with E-state index >= 15 is 0 Å². The Hall–Kier alpha value is -6.61. The van der Waals surface area contributed by atoms with Crippen LogP contribution in [0.25, 0.3) is 0 Å². The highest BCUT2D eigenvalue weighted by molar-refractivity contribution is 6.18. The van der Waals surface area contributed by atoms with Crippen LogP contribution in [0, 0.1) is 0 Å². The normalized spacial score (nSPS) is 24.5. The van der Waals surface area contributed by atoms with Gasteiger partial charge in [0, 0.05) is 0 Å². The minimum atomic E-state index is -2.61. The van der Waals surface area contributed by atoms with Gasteiger partial charge in [-0.05, 0) is 72.0 Å². The number of amides is 10. The van der Waals surface area contributed by atoms with Crippen LogP contribution in [-0.2, 0) is 62.3 Å². The first kappa shape index (κ1) is 74.4. The predicted molar refractivity (Wildman–Crippen MR) is 297 cm³/mol. The van der Waals surface area contributed by atoms with E-state index in [0.717, 1.165) is 64.4 Å². The number of carboxylic acids is 1. The maximum absolute atomic E-state index is 14.2. The van der Waals surface area contributed by atoms with Gasteiger partial charge < -0.3 is 101 Å². The lowest BCUT2D eigenvalue weighted by Crippen LogP contribution is -2.62. The number of hydrogen-bond acceptors (Lipinski definition) is 20. The Morgan fingerprint density at radius 1 is 0.639 bits per heavy atom. The van der Waals surface area contributed by atoms with E-state index < -0.39 is 181 Å². The van der Waals surface area contributed by atoms with E-state index in [-0.39, 0.29) is 45.3 Å². The van der Waals surface area contributed by atoms with Gasteiger partial charge in [-0.1, -0.05) is 70.8 Å². The second-order valence-electron chi connectivity index (χ2n) is 19.9. The number of ether oxygens (including phenoxy) is 1. The van der Waals surface area contributed by atoms with Crippen molar-refractivity contribution in [1.29, 1.82) is 0 Å². The molecule has 0 spiro atoms. The van der Waals surface area contributed by atoms with Crippen LogP contribution in [0.3, 0.4) is 0 Å². The molecule has 472 valence electrons. The molecule has 22 N–H and O–H groups in total. The molecule has 1 saturated heterocycles. The molecule has 31 nitrogen and oxygen atoms in total. The monoisotopic (exact) mass is 1210 g/mol. The highest BCUT2D eigenvalue weighted by atomic mass is 35.5. The summed E-state index contributed by atoms with van der Waals surface area (Å²) in [6.45, 7) is 2.70. The molecule has 0 radical (unpaired) electrons. The topological polar surface area (TPSA) is 528 Å². The Morgan fingerprint density at radius 2 is 1.14 bits per heavy atom. The number of unbranched alkanes of at least 4 members (excludes halogenated alkanes) is 9. The number of aliphatic hydroxyl groups excluding tert-OH is 4. The van der Waals surface area contributed by atoms with Gasteiger partial charge in [0.1, 0.15) is 54.6 Å². The molecule has 83 heavy (non-hydrogen) atoms. The van der Waals surface area contributed by atoms with Gasteiger partial charge in [-0.15, -0.1) is 11.6 Å². The van der Waals surface area contributed by atoms with Crippen LogP contribution in [0.15, 0.2) is 11.8 Å². The summed E-state index contributed by atoms with van der Waals surface area (Å²) in [6.07, 6.45) is 0.0570. The molecule has 32 heteroatoms. The van der Waals surface area contributed by atoms with E-state index in [9.17, 15) is 83.1 Å². The first-order valence-electron chi connectivity index (χ1n) is 27.8. The summed E-state index contributed by atoms with van der Waals surface area (Å²) in [5.74, 6) is -17.0. The van der Waals surface area contributed by atoms with Crippen molar-refractivity contribution in [3.8, 4) is 0 Å². The molecule has 0 aromatic rings. The highest BCUT2D eigenvalue weighted by Gasteiger charge is 2.40. The Bertz CT molecular complexity index is 2190. The van der Waals surface area contributed by atoms with Crippen molar-refractivity contribution < 1.29 is 87.8 Å². The third-order valence-electron chi connectivity index (χ3n) is 13.0. The van der Waals surface area contributed by atoms with E-state index in [4.69, 9.17) is 39.3 Å². The van der Waals surface area contributed by atoms with Crippen LogP contribution >= 0.6 is 11.6 Å². The van der Waals surface area contributed by atoms with E-state index in [1.165, 1.54) is 6.92 Å². The first-order valence-corrected chi connectivity index (χ1v) is 28.3. The second-order valence-corrected chi connectivity index (χ2v) is 20.2. The van der Waals surface area contributed by atoms with Crippen molar-refractivity contribution in [2.75, 3.05) is 32.1 Å². The number of alkyl halides is 1. The number of nitrogens with one attached hydrogen (secondary N) is 9. The Kier molecular flexibility index (Phi) is 36.4. The Labute approximate surface area is 486 Å². The number of aliphatic hydroxyl groups is 4. The lowest BCUT2D eigenvalue weighted by atomic mass is 10.0. The van der Waals surface area contributed by atoms with Crippen molar-refractivity contribution in [3.63, 3.8) is 0 Å². The molecule has 1 heterocycles. The smallest absolute Gasteiger partial charge is 0.331 e. The van der Waals surface area contributed by atoms with Gasteiger partial charge in [0.2, 0.25) is 53.2 Å². The van der Waals surface area contributed by atoms with Crippen molar-refractivity contribution in [1.82, 2.24) is 47.9 Å². The van der Waals surface area contributed by atoms with Gasteiger partial charge in [-0.3, -0.25) is 52.7 Å². The number of cyclic esters (lactones) is 1. The first-order chi connectivity index (χ1) is 39.3. The minimum absolute atomic E-state index is 0.128. The van der Waals surface area contributed by atoms with Crippen molar-refractivity contribution in [2.24, 2.45) is 22.9 Å². The molecule has 0 saturated carbocycles. The lowest BCUT2D eigenvalue weighted by Gasteiger charge is -2.29. The summed E-state index contributed by atoms with van der Waals surface area (Å²) in [6, 6.07) is -15.6. The minimum Gasteiger partial charge on any atom is -0.481 e. The molecule has 0 unspecified atom stereocenters. The fourth-order valence-electron chi connectivity index (χ4n) is 8.25. The molecular weight excluding hydrogens is 1120 g/mol. The number of primary amides is 1. The molecular formula is C51H88ClN13O18. The average molecular weight is 1210 g/mol. The van der Waals surface area contributed by atoms with Crippen LogP contribution in [0.2, 0.25) is 0 Å². The standard InChI is InChI=1S/C51H88ClN13O18/c1-4-6-7-8-9-10-11-12-13-16-28(67)23-36(69)57-34-26-83-51(82)39(35(68)25-52)64-50(81)40(41(72)42(56)73)65-43(74)29(5-2)58-49(80)38(27(3)66)63-46(77)32(19-22-55)60-44(75)30(17-14-15-20-53)59-47(78)33(24-37(70)71)62-45(76)31(18-21-54)61-48(34)79/h5,27-28,30-35,38-41,66-68,72H,4,6-26,53-55H2,1-3H3,(H2,56,73)(H,57,69)(H,58,80)(H,59,78)(H,60,75)(H,61,79)(H,62,76)(H,63,77)(H,64,81)(H,65,74)(H,70,71)/b29-5-/t27-,28+,30-,31+,32-,33-,34-,35+,38-,39-,40-,41-/m0/s1. The van der Waals surface area contributed by atoms with Crippen LogP contribution in [0.4, 0.5) is 0 Å². The van der Waals surface area contributed by atoms with E-state index in [1.54, 1.807) is 0 Å². The van der Waals surface area contributed by atoms with Crippen LogP contribution in [0.5, 0.6) is 0 Å². The summed E-state index contributed by atoms with van der Waals surface area (Å²) in [5.41, 5.74) is 21.8. The largest absolute Gasteiger partial charge is 0.481 e. The number of rotatable bonds is 28. The zero-order valence-electron chi connectivity index (χ0n) is 47.3. The molecule has 0 aromatic carbocycles. The maximum Gasteiger partial charge on any atom is 0.331 e. The fraction of sp³-hybridized carbons (Fsp3) is 0.725. The van der Waals surface area contributed by atoms with Crippen LogP contribution in [0.1, 0.15) is 130 Å². The molecule has 0 aromatic heterocycles. The Balaban J connectivity index is 4.01. The molecule has 0 aliphatic carbocycles. The van der Waals surface area contributed by atoms with E-state index in [1.807, 2.05) is 10.6 Å². The molecule has 10 amide bonds. The van der Waals surface area contributed by atoms with Gasteiger partial charge in [0.15, 0.2) is 12.1 Å². The maximum atomic E-state index is 14.2. The number of carboxylic acid groups (broad SMARTS) is 1. The van der Waals surface area contributed by atoms with Crippen molar-refractivity contribution in [2.45, 2.75) is 203 Å². The zero-order chi connectivity index (χ0) is 62.8. The molecule has 1 aliphatic heterocycles. The summed E-state index contributed by atoms with van der Waals surface area (Å²) in [5, 5.41) is 72.8. The number of aliphatic carboxylic acids is 1. The van der Waals surface area contributed by atoms with Crippen LogP contribution in [-0.4, -0.2) is 201 Å². The summed E-state index contributed by atoms with van der Waals surface area (Å²) >= 11 is 5.87. The average Bonchev–Trinajstić information content (AvgIpc) is 3.52. The molecule has 1 fully saturated rings. The van der Waals surface area contributed by atoms with Gasteiger partial charge in [-0.2, -0.15) is 0 Å². The zero-order valence-corrected chi connectivity index (χ0v) is 48.0. The molecule has 12 atom stereocenters. The Morgan fingerprint density at radius 3 is 1.65 bits per heavy atom. The predicted octanol–water partition coefficient (Wildman–Crippen LogP) is -5.76. The highest BCUT2D eigenvalue weighted by Crippen LogP contribution is 2.14.